The Balaban J connectivity index is 2.22. The Bertz CT molecular complexity index is 434. The molecule has 0 aromatic heterocycles. The van der Waals surface area contributed by atoms with Crippen LogP contribution in [0.2, 0.25) is 0 Å². The minimum Gasteiger partial charge on any atom is -0.480 e. The second-order valence-corrected chi connectivity index (χ2v) is 5.20. The number of carboxylic acids is 1. The van der Waals surface area contributed by atoms with Crippen LogP contribution in [0.25, 0.3) is 0 Å². The van der Waals surface area contributed by atoms with Gasteiger partial charge < -0.3 is 5.11 Å². The summed E-state index contributed by atoms with van der Waals surface area (Å²) in [7, 11) is 0. The van der Waals surface area contributed by atoms with Gasteiger partial charge in [0.15, 0.2) is 0 Å². The first-order valence-electron chi connectivity index (χ1n) is 4.95. The van der Waals surface area contributed by atoms with Gasteiger partial charge in [-0.2, -0.15) is 0 Å². The van der Waals surface area contributed by atoms with E-state index in [1.54, 1.807) is 12.1 Å². The number of rotatable bonds is 3. The third kappa shape index (κ3) is 2.11. The van der Waals surface area contributed by atoms with E-state index < -0.39 is 10.7 Å². The van der Waals surface area contributed by atoms with Crippen LogP contribution in [0.1, 0.15) is 12.8 Å². The third-order valence-electron chi connectivity index (χ3n) is 2.56. The van der Waals surface area contributed by atoms with Gasteiger partial charge in [-0.1, -0.05) is 18.2 Å². The fourth-order valence-corrected chi connectivity index (χ4v) is 2.90. The zero-order chi connectivity index (χ0) is 11.6. The van der Waals surface area contributed by atoms with Crippen LogP contribution in [0.4, 0.5) is 4.39 Å². The predicted octanol–water partition coefficient (Wildman–Crippen LogP) is 3.09. The summed E-state index contributed by atoms with van der Waals surface area (Å²) >= 11 is 1.22. The van der Waals surface area contributed by atoms with E-state index in [0.29, 0.717) is 17.7 Å². The van der Waals surface area contributed by atoms with Gasteiger partial charge in [-0.15, -0.1) is 11.8 Å². The van der Waals surface area contributed by atoms with Gasteiger partial charge >= 0.3 is 5.97 Å². The van der Waals surface area contributed by atoms with Crippen molar-refractivity contribution in [3.05, 3.63) is 42.2 Å². The second kappa shape index (κ2) is 4.29. The molecule has 84 valence electrons. The van der Waals surface area contributed by atoms with E-state index in [0.717, 1.165) is 0 Å². The van der Waals surface area contributed by atoms with Gasteiger partial charge in [-0.25, -0.2) is 4.39 Å². The Hall–Kier alpha value is -1.29. The first-order valence-corrected chi connectivity index (χ1v) is 5.77. The van der Waals surface area contributed by atoms with Gasteiger partial charge in [-0.05, 0) is 31.0 Å². The number of carbonyl (C=O) groups is 1. The molecule has 1 aliphatic rings. The lowest BCUT2D eigenvalue weighted by Gasteiger charge is -2.22. The van der Waals surface area contributed by atoms with Crippen molar-refractivity contribution in [2.24, 2.45) is 0 Å². The standard InChI is InChI=1S/C12H11FO2S/c13-9-4-3-5-10(8-9)16-12(11(14)15)6-1-2-7-12/h1-5,8H,6-7H2,(H,14,15). The van der Waals surface area contributed by atoms with Crippen molar-refractivity contribution in [3.8, 4) is 0 Å². The lowest BCUT2D eigenvalue weighted by atomic mass is 10.1. The predicted molar refractivity (Wildman–Crippen MR) is 61.0 cm³/mol. The number of hydrogen-bond donors (Lipinski definition) is 1. The summed E-state index contributed by atoms with van der Waals surface area (Å²) < 4.78 is 12.1. The molecule has 1 aromatic rings. The molecule has 0 bridgehead atoms. The summed E-state index contributed by atoms with van der Waals surface area (Å²) in [5, 5.41) is 9.24. The highest BCUT2D eigenvalue weighted by Gasteiger charge is 2.40. The summed E-state index contributed by atoms with van der Waals surface area (Å²) in [5.41, 5.74) is 0. The third-order valence-corrected chi connectivity index (χ3v) is 3.95. The lowest BCUT2D eigenvalue weighted by Crippen LogP contribution is -2.31. The average Bonchev–Trinajstić information content (AvgIpc) is 2.67. The smallest absolute Gasteiger partial charge is 0.320 e. The summed E-state index contributed by atoms with van der Waals surface area (Å²) in [6, 6.07) is 6.05. The highest BCUT2D eigenvalue weighted by molar-refractivity contribution is 8.01. The molecule has 1 N–H and O–H groups in total. The summed E-state index contributed by atoms with van der Waals surface area (Å²) in [4.78, 5) is 11.9. The minimum absolute atomic E-state index is 0.337. The molecule has 0 saturated heterocycles. The summed E-state index contributed by atoms with van der Waals surface area (Å²) in [5.74, 6) is -1.18. The van der Waals surface area contributed by atoms with E-state index in [2.05, 4.69) is 0 Å². The molecule has 2 rings (SSSR count). The van der Waals surface area contributed by atoms with E-state index in [1.807, 2.05) is 12.2 Å². The Kier molecular flexibility index (Phi) is 3.01. The first kappa shape index (κ1) is 11.2. The van der Waals surface area contributed by atoms with E-state index in [-0.39, 0.29) is 5.82 Å². The van der Waals surface area contributed by atoms with E-state index in [1.165, 1.54) is 23.9 Å². The van der Waals surface area contributed by atoms with E-state index >= 15 is 0 Å². The van der Waals surface area contributed by atoms with Crippen LogP contribution in [0.5, 0.6) is 0 Å². The van der Waals surface area contributed by atoms with Crippen LogP contribution in [-0.2, 0) is 4.79 Å². The summed E-state index contributed by atoms with van der Waals surface area (Å²) in [6.45, 7) is 0. The van der Waals surface area contributed by atoms with Crippen LogP contribution in [0, 0.1) is 5.82 Å². The van der Waals surface area contributed by atoms with Gasteiger partial charge in [0.2, 0.25) is 0 Å². The number of thioether (sulfide) groups is 1. The Morgan fingerprint density at radius 3 is 2.62 bits per heavy atom. The number of hydrogen-bond acceptors (Lipinski definition) is 2. The largest absolute Gasteiger partial charge is 0.480 e. The van der Waals surface area contributed by atoms with Gasteiger partial charge in [-0.3, -0.25) is 4.79 Å². The molecule has 16 heavy (non-hydrogen) atoms. The van der Waals surface area contributed by atoms with Crippen LogP contribution in [-0.4, -0.2) is 15.8 Å². The van der Waals surface area contributed by atoms with Crippen molar-refractivity contribution in [2.75, 3.05) is 0 Å². The molecule has 1 aliphatic carbocycles. The van der Waals surface area contributed by atoms with Gasteiger partial charge in [0.25, 0.3) is 0 Å². The molecule has 0 atom stereocenters. The highest BCUT2D eigenvalue weighted by Crippen LogP contribution is 2.42. The van der Waals surface area contributed by atoms with Crippen LogP contribution < -0.4 is 0 Å². The zero-order valence-corrected chi connectivity index (χ0v) is 9.34. The monoisotopic (exact) mass is 238 g/mol. The van der Waals surface area contributed by atoms with Crippen molar-refractivity contribution in [2.45, 2.75) is 22.5 Å². The molecule has 4 heteroatoms. The van der Waals surface area contributed by atoms with Crippen molar-refractivity contribution in [1.29, 1.82) is 0 Å². The number of halogens is 1. The molecule has 0 fully saturated rings. The molecular formula is C12H11FO2S. The van der Waals surface area contributed by atoms with Crippen molar-refractivity contribution >= 4 is 17.7 Å². The molecule has 0 saturated carbocycles. The van der Waals surface area contributed by atoms with Gasteiger partial charge in [0, 0.05) is 4.90 Å². The second-order valence-electron chi connectivity index (χ2n) is 3.74. The molecule has 0 amide bonds. The topological polar surface area (TPSA) is 37.3 Å². The number of benzene rings is 1. The number of allylic oxidation sites excluding steroid dienone is 2. The quantitative estimate of drug-likeness (QED) is 0.822. The van der Waals surface area contributed by atoms with Gasteiger partial charge in [0.1, 0.15) is 10.6 Å². The SMILES string of the molecule is O=C(O)C1(Sc2cccc(F)c2)CC=CC1. The maximum absolute atomic E-state index is 13.0. The number of aliphatic carboxylic acids is 1. The Morgan fingerprint density at radius 2 is 2.06 bits per heavy atom. The molecule has 0 unspecified atom stereocenters. The fraction of sp³-hybridized carbons (Fsp3) is 0.250. The lowest BCUT2D eigenvalue weighted by molar-refractivity contribution is -0.139. The molecule has 2 nitrogen and oxygen atoms in total. The zero-order valence-electron chi connectivity index (χ0n) is 8.52. The molecule has 0 aliphatic heterocycles. The maximum Gasteiger partial charge on any atom is 0.320 e. The first-order chi connectivity index (χ1) is 7.62. The van der Waals surface area contributed by atoms with Crippen molar-refractivity contribution in [1.82, 2.24) is 0 Å². The maximum atomic E-state index is 13.0. The fourth-order valence-electron chi connectivity index (χ4n) is 1.69. The molecule has 0 radical (unpaired) electrons. The molecule has 0 heterocycles. The van der Waals surface area contributed by atoms with Crippen LogP contribution in [0.15, 0.2) is 41.3 Å². The van der Waals surface area contributed by atoms with Crippen LogP contribution in [0.3, 0.4) is 0 Å². The van der Waals surface area contributed by atoms with Crippen LogP contribution >= 0.6 is 11.8 Å². The molecular weight excluding hydrogens is 227 g/mol. The number of carboxylic acid groups (broad SMARTS) is 1. The minimum atomic E-state index is -0.853. The molecule has 0 spiro atoms. The van der Waals surface area contributed by atoms with E-state index in [4.69, 9.17) is 0 Å². The average molecular weight is 238 g/mol. The Morgan fingerprint density at radius 1 is 1.38 bits per heavy atom. The van der Waals surface area contributed by atoms with E-state index in [9.17, 15) is 14.3 Å². The molecule has 1 aromatic carbocycles. The van der Waals surface area contributed by atoms with Gasteiger partial charge in [0.05, 0.1) is 0 Å². The summed E-state index contributed by atoms with van der Waals surface area (Å²) in [6.07, 6.45) is 4.70. The highest BCUT2D eigenvalue weighted by atomic mass is 32.2. The van der Waals surface area contributed by atoms with Crippen molar-refractivity contribution in [3.63, 3.8) is 0 Å². The normalized spacial score (nSPS) is 17.6. The van der Waals surface area contributed by atoms with Crippen molar-refractivity contribution < 1.29 is 14.3 Å². The Labute approximate surface area is 97.2 Å².